The minimum atomic E-state index is -0.583. The second kappa shape index (κ2) is 7.81. The largest absolute Gasteiger partial charge is 0.454 e. The van der Waals surface area contributed by atoms with Gasteiger partial charge >= 0.3 is 5.69 Å². The summed E-state index contributed by atoms with van der Waals surface area (Å²) in [7, 11) is 0. The van der Waals surface area contributed by atoms with Gasteiger partial charge in [0.05, 0.1) is 17.1 Å². The maximum atomic E-state index is 13.0. The number of piperidine rings is 1. The molecule has 30 heavy (non-hydrogen) atoms. The highest BCUT2D eigenvalue weighted by atomic mass is 16.7. The van der Waals surface area contributed by atoms with Crippen LogP contribution in [0.2, 0.25) is 0 Å². The van der Waals surface area contributed by atoms with Gasteiger partial charge in [-0.15, -0.1) is 0 Å². The number of aliphatic hydroxyl groups is 1. The third kappa shape index (κ3) is 3.28. The molecule has 1 atom stereocenters. The maximum absolute atomic E-state index is 13.0. The minimum Gasteiger partial charge on any atom is -0.454 e. The van der Waals surface area contributed by atoms with Gasteiger partial charge in [0.1, 0.15) is 0 Å². The lowest BCUT2D eigenvalue weighted by molar-refractivity contribution is 0.0904. The smallest absolute Gasteiger partial charge is 0.329 e. The van der Waals surface area contributed by atoms with Crippen molar-refractivity contribution in [3.63, 3.8) is 0 Å². The van der Waals surface area contributed by atoms with Gasteiger partial charge in [-0.05, 0) is 49.6 Å². The van der Waals surface area contributed by atoms with Gasteiger partial charge in [-0.25, -0.2) is 4.79 Å². The Bertz CT molecular complexity index is 1110. The second-order valence-corrected chi connectivity index (χ2v) is 8.05. The minimum absolute atomic E-state index is 0.0811. The Morgan fingerprint density at radius 3 is 2.57 bits per heavy atom. The summed E-state index contributed by atoms with van der Waals surface area (Å²) in [6.45, 7) is 5.19. The normalized spacial score (nSPS) is 18.2. The number of aromatic nitrogens is 2. The fourth-order valence-electron chi connectivity index (χ4n) is 4.72. The Hall–Kier alpha value is -2.77. The Kier molecular flexibility index (Phi) is 5.00. The second-order valence-electron chi connectivity index (χ2n) is 8.05. The van der Waals surface area contributed by atoms with E-state index in [1.165, 1.54) is 0 Å². The van der Waals surface area contributed by atoms with Gasteiger partial charge in [0, 0.05) is 32.2 Å². The predicted octanol–water partition coefficient (Wildman–Crippen LogP) is 2.92. The molecule has 0 aliphatic carbocycles. The molecule has 158 valence electrons. The van der Waals surface area contributed by atoms with Crippen LogP contribution in [0.25, 0.3) is 11.0 Å². The average molecular weight is 409 g/mol. The SMILES string of the molecule is CCn1c(=O)n(C2CCN(CC(O)c3ccc4c(c3)OCO4)CC2)c2ccccc21. The molecule has 1 fully saturated rings. The number of aliphatic hydroxyl groups excluding tert-OH is 1. The molecule has 3 heterocycles. The van der Waals surface area contributed by atoms with Gasteiger partial charge in [0.15, 0.2) is 11.5 Å². The molecule has 0 bridgehead atoms. The maximum Gasteiger partial charge on any atom is 0.329 e. The van der Waals surface area contributed by atoms with E-state index in [1.807, 2.05) is 58.5 Å². The molecular formula is C23H27N3O4. The van der Waals surface area contributed by atoms with Crippen LogP contribution in [0.15, 0.2) is 47.3 Å². The van der Waals surface area contributed by atoms with E-state index in [0.717, 1.165) is 48.3 Å². The summed E-state index contributed by atoms with van der Waals surface area (Å²) in [5.74, 6) is 1.42. The number of fused-ring (bicyclic) bond motifs is 2. The van der Waals surface area contributed by atoms with Gasteiger partial charge in [-0.2, -0.15) is 0 Å². The highest BCUT2D eigenvalue weighted by Gasteiger charge is 2.26. The first kappa shape index (κ1) is 19.2. The van der Waals surface area contributed by atoms with Crippen molar-refractivity contribution in [1.82, 2.24) is 14.0 Å². The molecular weight excluding hydrogens is 382 g/mol. The molecule has 0 radical (unpaired) electrons. The number of imidazole rings is 1. The molecule has 1 unspecified atom stereocenters. The van der Waals surface area contributed by atoms with Gasteiger partial charge < -0.3 is 19.5 Å². The lowest BCUT2D eigenvalue weighted by Crippen LogP contribution is -2.39. The summed E-state index contributed by atoms with van der Waals surface area (Å²) in [6, 6.07) is 13.8. The fourth-order valence-corrected chi connectivity index (χ4v) is 4.72. The number of β-amino-alcohol motifs (C(OH)–C–C–N with tert-alkyl or cyclic N) is 1. The van der Waals surface area contributed by atoms with Crippen molar-refractivity contribution in [2.75, 3.05) is 26.4 Å². The number of benzene rings is 2. The number of nitrogens with zero attached hydrogens (tertiary/aromatic N) is 3. The van der Waals surface area contributed by atoms with E-state index in [2.05, 4.69) is 4.90 Å². The van der Waals surface area contributed by atoms with Crippen LogP contribution in [0.5, 0.6) is 11.5 Å². The zero-order valence-corrected chi connectivity index (χ0v) is 17.2. The number of rotatable bonds is 5. The van der Waals surface area contributed by atoms with Crippen molar-refractivity contribution in [3.05, 3.63) is 58.5 Å². The van der Waals surface area contributed by atoms with Gasteiger partial charge in [-0.1, -0.05) is 18.2 Å². The van der Waals surface area contributed by atoms with Crippen LogP contribution in [0.3, 0.4) is 0 Å². The first-order chi connectivity index (χ1) is 14.7. The monoisotopic (exact) mass is 409 g/mol. The van der Waals surface area contributed by atoms with Crippen LogP contribution in [-0.4, -0.2) is 45.6 Å². The van der Waals surface area contributed by atoms with E-state index in [9.17, 15) is 9.90 Å². The van der Waals surface area contributed by atoms with Gasteiger partial charge in [0.2, 0.25) is 6.79 Å². The lowest BCUT2D eigenvalue weighted by Gasteiger charge is -2.33. The number of aryl methyl sites for hydroxylation is 1. The predicted molar refractivity (Wildman–Crippen MR) is 114 cm³/mol. The number of ether oxygens (including phenoxy) is 2. The van der Waals surface area contributed by atoms with Crippen molar-refractivity contribution >= 4 is 11.0 Å². The summed E-state index contributed by atoms with van der Waals surface area (Å²) in [5.41, 5.74) is 2.94. The highest BCUT2D eigenvalue weighted by molar-refractivity contribution is 5.76. The average Bonchev–Trinajstić information content (AvgIpc) is 3.35. The highest BCUT2D eigenvalue weighted by Crippen LogP contribution is 2.34. The summed E-state index contributed by atoms with van der Waals surface area (Å²) >= 11 is 0. The third-order valence-corrected chi connectivity index (χ3v) is 6.32. The molecule has 2 aliphatic rings. The third-order valence-electron chi connectivity index (χ3n) is 6.32. The van der Waals surface area contributed by atoms with Crippen LogP contribution in [-0.2, 0) is 6.54 Å². The molecule has 2 aliphatic heterocycles. The number of likely N-dealkylation sites (tertiary alicyclic amines) is 1. The molecule has 5 rings (SSSR count). The van der Waals surface area contributed by atoms with Gasteiger partial charge in [0.25, 0.3) is 0 Å². The first-order valence-electron chi connectivity index (χ1n) is 10.7. The number of para-hydroxylation sites is 2. The fraction of sp³-hybridized carbons (Fsp3) is 0.435. The Balaban J connectivity index is 1.28. The molecule has 7 heteroatoms. The summed E-state index contributed by atoms with van der Waals surface area (Å²) in [6.07, 6.45) is 1.21. The van der Waals surface area contributed by atoms with Gasteiger partial charge in [-0.3, -0.25) is 9.13 Å². The van der Waals surface area contributed by atoms with Crippen LogP contribution in [0.1, 0.15) is 37.5 Å². The molecule has 2 aromatic carbocycles. The zero-order chi connectivity index (χ0) is 20.7. The van der Waals surface area contributed by atoms with Crippen LogP contribution >= 0.6 is 0 Å². The molecule has 0 amide bonds. The van der Waals surface area contributed by atoms with Crippen molar-refractivity contribution in [2.45, 2.75) is 38.5 Å². The molecule has 7 nitrogen and oxygen atoms in total. The van der Waals surface area contributed by atoms with E-state index < -0.39 is 6.10 Å². The van der Waals surface area contributed by atoms with Crippen molar-refractivity contribution in [2.24, 2.45) is 0 Å². The standard InChI is InChI=1S/C23H27N3O4/c1-2-25-18-5-3-4-6-19(18)26(23(25)28)17-9-11-24(12-10-17)14-20(27)16-7-8-21-22(13-16)30-15-29-21/h3-8,13,17,20,27H,2,9-12,14-15H2,1H3. The molecule has 1 N–H and O–H groups in total. The Labute approximate surface area is 175 Å². The molecule has 0 saturated carbocycles. The summed E-state index contributed by atoms with van der Waals surface area (Å²) in [4.78, 5) is 15.3. The molecule has 1 saturated heterocycles. The quantitative estimate of drug-likeness (QED) is 0.702. The van der Waals surface area contributed by atoms with E-state index >= 15 is 0 Å². The van der Waals surface area contributed by atoms with E-state index in [0.29, 0.717) is 18.8 Å². The molecule has 3 aromatic rings. The van der Waals surface area contributed by atoms with Crippen molar-refractivity contribution in [1.29, 1.82) is 0 Å². The molecule has 1 aromatic heterocycles. The first-order valence-corrected chi connectivity index (χ1v) is 10.7. The Morgan fingerprint density at radius 2 is 1.80 bits per heavy atom. The Morgan fingerprint density at radius 1 is 1.07 bits per heavy atom. The van der Waals surface area contributed by atoms with E-state index in [4.69, 9.17) is 9.47 Å². The number of hydrogen-bond donors (Lipinski definition) is 1. The molecule has 0 spiro atoms. The van der Waals surface area contributed by atoms with Crippen LogP contribution in [0, 0.1) is 0 Å². The summed E-state index contributed by atoms with van der Waals surface area (Å²) in [5, 5.41) is 10.7. The zero-order valence-electron chi connectivity index (χ0n) is 17.2. The van der Waals surface area contributed by atoms with Crippen LogP contribution in [0.4, 0.5) is 0 Å². The van der Waals surface area contributed by atoms with E-state index in [-0.39, 0.29) is 18.5 Å². The topological polar surface area (TPSA) is 68.9 Å². The summed E-state index contributed by atoms with van der Waals surface area (Å²) < 4.78 is 14.6. The van der Waals surface area contributed by atoms with E-state index in [1.54, 1.807) is 0 Å². The number of hydrogen-bond acceptors (Lipinski definition) is 5. The van der Waals surface area contributed by atoms with Crippen molar-refractivity contribution < 1.29 is 14.6 Å². The van der Waals surface area contributed by atoms with Crippen LogP contribution < -0.4 is 15.2 Å². The lowest BCUT2D eigenvalue weighted by atomic mass is 10.0. The van der Waals surface area contributed by atoms with Crippen molar-refractivity contribution in [3.8, 4) is 11.5 Å².